The number of anilines is 1. The molecule has 6 heteroatoms. The summed E-state index contributed by atoms with van der Waals surface area (Å²) in [5, 5.41) is 2.57. The molecular weight excluding hydrogens is 350 g/mol. The Hall–Kier alpha value is -2.21. The van der Waals surface area contributed by atoms with Crippen LogP contribution in [-0.2, 0) is 4.74 Å². The van der Waals surface area contributed by atoms with Crippen LogP contribution in [0.3, 0.4) is 0 Å². The fourth-order valence-electron chi connectivity index (χ4n) is 1.68. The van der Waals surface area contributed by atoms with Crippen molar-refractivity contribution in [1.82, 2.24) is 0 Å². The number of nitrogens with one attached hydrogen (secondary N) is 1. The Morgan fingerprint density at radius 1 is 1.05 bits per heavy atom. The number of hydrogen-bond donors (Lipinski definition) is 1. The van der Waals surface area contributed by atoms with Crippen LogP contribution in [0, 0.1) is 0 Å². The summed E-state index contributed by atoms with van der Waals surface area (Å²) in [6.45, 7) is 0.870. The van der Waals surface area contributed by atoms with E-state index in [-0.39, 0.29) is 0 Å². The lowest BCUT2D eigenvalue weighted by molar-refractivity contribution is 0.187. The SMILES string of the molecule is COC(=O)Nc1ccc(OCCOc2cccc(Br)c2)cc1. The first-order valence-electron chi connectivity index (χ1n) is 6.63. The molecule has 0 aromatic heterocycles. The lowest BCUT2D eigenvalue weighted by atomic mass is 10.3. The Bertz CT molecular complexity index is 616. The fraction of sp³-hybridized carbons (Fsp3) is 0.188. The van der Waals surface area contributed by atoms with Crippen LogP contribution in [0.1, 0.15) is 0 Å². The molecule has 0 fully saturated rings. The van der Waals surface area contributed by atoms with Crippen LogP contribution in [0.25, 0.3) is 0 Å². The minimum atomic E-state index is -0.504. The summed E-state index contributed by atoms with van der Waals surface area (Å²) >= 11 is 3.39. The normalized spacial score (nSPS) is 9.91. The van der Waals surface area contributed by atoms with Gasteiger partial charge in [-0.15, -0.1) is 0 Å². The van der Waals surface area contributed by atoms with Gasteiger partial charge in [0.05, 0.1) is 7.11 Å². The number of methoxy groups -OCH3 is 1. The Labute approximate surface area is 137 Å². The van der Waals surface area contributed by atoms with Crippen LogP contribution in [0.15, 0.2) is 53.0 Å². The van der Waals surface area contributed by atoms with E-state index in [0.717, 1.165) is 10.2 Å². The highest BCUT2D eigenvalue weighted by Gasteiger charge is 2.01. The summed E-state index contributed by atoms with van der Waals surface area (Å²) in [4.78, 5) is 11.1. The Balaban J connectivity index is 1.74. The molecule has 0 spiro atoms. The van der Waals surface area contributed by atoms with E-state index in [1.54, 1.807) is 24.3 Å². The third-order valence-electron chi connectivity index (χ3n) is 2.70. The van der Waals surface area contributed by atoms with Crippen molar-refractivity contribution < 1.29 is 19.0 Å². The zero-order valence-corrected chi connectivity index (χ0v) is 13.6. The first-order valence-corrected chi connectivity index (χ1v) is 7.43. The van der Waals surface area contributed by atoms with Crippen LogP contribution < -0.4 is 14.8 Å². The number of carbonyl (C=O) groups is 1. The first kappa shape index (κ1) is 16.2. The second kappa shape index (κ2) is 8.29. The molecule has 0 aliphatic heterocycles. The summed E-state index contributed by atoms with van der Waals surface area (Å²) < 4.78 is 16.6. The maximum atomic E-state index is 11.1. The van der Waals surface area contributed by atoms with Crippen molar-refractivity contribution in [1.29, 1.82) is 0 Å². The molecule has 0 unspecified atom stereocenters. The monoisotopic (exact) mass is 365 g/mol. The zero-order valence-electron chi connectivity index (χ0n) is 12.0. The first-order chi connectivity index (χ1) is 10.7. The molecule has 1 N–H and O–H groups in total. The van der Waals surface area contributed by atoms with Gasteiger partial charge in [-0.2, -0.15) is 0 Å². The minimum Gasteiger partial charge on any atom is -0.490 e. The molecule has 0 aliphatic carbocycles. The average Bonchev–Trinajstić information content (AvgIpc) is 2.53. The Morgan fingerprint density at radius 2 is 1.73 bits per heavy atom. The van der Waals surface area contributed by atoms with Crippen molar-refractivity contribution in [3.8, 4) is 11.5 Å². The fourth-order valence-corrected chi connectivity index (χ4v) is 2.06. The molecule has 0 saturated carbocycles. The van der Waals surface area contributed by atoms with E-state index in [9.17, 15) is 4.79 Å². The van der Waals surface area contributed by atoms with Gasteiger partial charge < -0.3 is 14.2 Å². The van der Waals surface area contributed by atoms with Gasteiger partial charge in [-0.05, 0) is 42.5 Å². The van der Waals surface area contributed by atoms with Gasteiger partial charge in [-0.1, -0.05) is 22.0 Å². The van der Waals surface area contributed by atoms with Gasteiger partial charge in [-0.3, -0.25) is 5.32 Å². The predicted molar refractivity (Wildman–Crippen MR) is 87.6 cm³/mol. The molecule has 0 atom stereocenters. The molecule has 116 valence electrons. The van der Waals surface area contributed by atoms with Crippen molar-refractivity contribution in [2.24, 2.45) is 0 Å². The van der Waals surface area contributed by atoms with Gasteiger partial charge in [-0.25, -0.2) is 4.79 Å². The second-order valence-electron chi connectivity index (χ2n) is 4.30. The molecule has 5 nitrogen and oxygen atoms in total. The van der Waals surface area contributed by atoms with Crippen molar-refractivity contribution in [3.05, 3.63) is 53.0 Å². The van der Waals surface area contributed by atoms with Crippen LogP contribution >= 0.6 is 15.9 Å². The van der Waals surface area contributed by atoms with Gasteiger partial charge in [0.2, 0.25) is 0 Å². The number of amides is 1. The van der Waals surface area contributed by atoms with Crippen LogP contribution in [0.2, 0.25) is 0 Å². The predicted octanol–water partition coefficient (Wildman–Crippen LogP) is 4.09. The number of carbonyl (C=O) groups excluding carboxylic acids is 1. The van der Waals surface area contributed by atoms with Crippen molar-refractivity contribution >= 4 is 27.7 Å². The van der Waals surface area contributed by atoms with Crippen molar-refractivity contribution in [2.75, 3.05) is 25.6 Å². The Morgan fingerprint density at radius 3 is 2.36 bits per heavy atom. The maximum Gasteiger partial charge on any atom is 0.411 e. The third kappa shape index (κ3) is 5.29. The number of halogens is 1. The van der Waals surface area contributed by atoms with E-state index in [0.29, 0.717) is 24.7 Å². The molecule has 2 aromatic rings. The molecule has 0 aliphatic rings. The topological polar surface area (TPSA) is 56.8 Å². The number of ether oxygens (including phenoxy) is 3. The van der Waals surface area contributed by atoms with Gasteiger partial charge >= 0.3 is 6.09 Å². The molecule has 0 saturated heterocycles. The highest BCUT2D eigenvalue weighted by Crippen LogP contribution is 2.18. The van der Waals surface area contributed by atoms with E-state index in [1.165, 1.54) is 7.11 Å². The summed E-state index contributed by atoms with van der Waals surface area (Å²) in [6.07, 6.45) is -0.504. The van der Waals surface area contributed by atoms with E-state index in [4.69, 9.17) is 9.47 Å². The molecule has 1 amide bonds. The molecule has 0 heterocycles. The summed E-state index contributed by atoms with van der Waals surface area (Å²) in [7, 11) is 1.32. The van der Waals surface area contributed by atoms with Crippen LogP contribution in [-0.4, -0.2) is 26.4 Å². The third-order valence-corrected chi connectivity index (χ3v) is 3.20. The lowest BCUT2D eigenvalue weighted by Crippen LogP contribution is -2.11. The number of hydrogen-bond acceptors (Lipinski definition) is 4. The quantitative estimate of drug-likeness (QED) is 0.783. The molecular formula is C16H16BrNO4. The van der Waals surface area contributed by atoms with Gasteiger partial charge in [0.25, 0.3) is 0 Å². The van der Waals surface area contributed by atoms with E-state index in [1.807, 2.05) is 24.3 Å². The smallest absolute Gasteiger partial charge is 0.411 e. The lowest BCUT2D eigenvalue weighted by Gasteiger charge is -2.09. The maximum absolute atomic E-state index is 11.1. The van der Waals surface area contributed by atoms with Gasteiger partial charge in [0.1, 0.15) is 24.7 Å². The Kier molecular flexibility index (Phi) is 6.09. The number of benzene rings is 2. The highest BCUT2D eigenvalue weighted by atomic mass is 79.9. The van der Waals surface area contributed by atoms with Crippen molar-refractivity contribution in [2.45, 2.75) is 0 Å². The van der Waals surface area contributed by atoms with E-state index < -0.39 is 6.09 Å². The van der Waals surface area contributed by atoms with Gasteiger partial charge in [0.15, 0.2) is 0 Å². The zero-order chi connectivity index (χ0) is 15.8. The summed E-state index contributed by atoms with van der Waals surface area (Å²) in [5.74, 6) is 1.49. The van der Waals surface area contributed by atoms with Crippen LogP contribution in [0.4, 0.5) is 10.5 Å². The highest BCUT2D eigenvalue weighted by molar-refractivity contribution is 9.10. The van der Waals surface area contributed by atoms with E-state index >= 15 is 0 Å². The van der Waals surface area contributed by atoms with Gasteiger partial charge in [0, 0.05) is 10.2 Å². The molecule has 0 bridgehead atoms. The van der Waals surface area contributed by atoms with E-state index in [2.05, 4.69) is 26.0 Å². The molecule has 2 rings (SSSR count). The second-order valence-corrected chi connectivity index (χ2v) is 5.21. The summed E-state index contributed by atoms with van der Waals surface area (Å²) in [6, 6.07) is 14.6. The van der Waals surface area contributed by atoms with Crippen molar-refractivity contribution in [3.63, 3.8) is 0 Å². The summed E-state index contributed by atoms with van der Waals surface area (Å²) in [5.41, 5.74) is 0.643. The average molecular weight is 366 g/mol. The standard InChI is InChI=1S/C16H16BrNO4/c1-20-16(19)18-13-5-7-14(8-6-13)21-9-10-22-15-4-2-3-12(17)11-15/h2-8,11H,9-10H2,1H3,(H,18,19). The number of rotatable bonds is 6. The van der Waals surface area contributed by atoms with Crippen LogP contribution in [0.5, 0.6) is 11.5 Å². The molecule has 2 aromatic carbocycles. The molecule has 22 heavy (non-hydrogen) atoms. The minimum absolute atomic E-state index is 0.427. The largest absolute Gasteiger partial charge is 0.490 e. The molecule has 0 radical (unpaired) electrons.